The third kappa shape index (κ3) is 3.75. The molecule has 0 aromatic rings. The van der Waals surface area contributed by atoms with Gasteiger partial charge in [0.2, 0.25) is 0 Å². The molecule has 0 spiro atoms. The standard InChI is InChI=1S/C16H23N3/c1-5-8-16(15(7-3)13-17)19-11-9-18(10-12-19)14(4)6-2/h5,7-8H,1,4,6,9-12H2,2-3H3/b15-7-,16-8+. The maximum absolute atomic E-state index is 9.19. The lowest BCUT2D eigenvalue weighted by Crippen LogP contribution is -2.45. The molecule has 0 unspecified atom stereocenters. The van der Waals surface area contributed by atoms with Crippen LogP contribution in [-0.4, -0.2) is 36.0 Å². The van der Waals surface area contributed by atoms with E-state index in [-0.39, 0.29) is 0 Å². The molecule has 0 bridgehead atoms. The highest BCUT2D eigenvalue weighted by molar-refractivity contribution is 5.42. The number of hydrogen-bond donors (Lipinski definition) is 0. The van der Waals surface area contributed by atoms with Crippen molar-refractivity contribution in [3.8, 4) is 6.07 Å². The Morgan fingerprint density at radius 2 is 1.84 bits per heavy atom. The van der Waals surface area contributed by atoms with E-state index >= 15 is 0 Å². The van der Waals surface area contributed by atoms with Crippen LogP contribution in [0.2, 0.25) is 0 Å². The molecule has 3 heteroatoms. The molecule has 1 aliphatic heterocycles. The van der Waals surface area contributed by atoms with E-state index in [1.807, 2.05) is 19.1 Å². The fraction of sp³-hybridized carbons (Fsp3) is 0.438. The van der Waals surface area contributed by atoms with Gasteiger partial charge in [-0.3, -0.25) is 0 Å². The number of nitriles is 1. The number of allylic oxidation sites excluding steroid dienone is 5. The van der Waals surface area contributed by atoms with Gasteiger partial charge in [0.1, 0.15) is 6.07 Å². The predicted octanol–water partition coefficient (Wildman–Crippen LogP) is 3.07. The van der Waals surface area contributed by atoms with E-state index < -0.39 is 0 Å². The lowest BCUT2D eigenvalue weighted by Gasteiger charge is -2.39. The van der Waals surface area contributed by atoms with Gasteiger partial charge in [-0.15, -0.1) is 0 Å². The highest BCUT2D eigenvalue weighted by atomic mass is 15.3. The minimum absolute atomic E-state index is 0.711. The van der Waals surface area contributed by atoms with Crippen molar-refractivity contribution in [3.05, 3.63) is 48.4 Å². The van der Waals surface area contributed by atoms with Gasteiger partial charge in [-0.05, 0) is 19.4 Å². The van der Waals surface area contributed by atoms with Crippen molar-refractivity contribution in [2.45, 2.75) is 20.3 Å². The van der Waals surface area contributed by atoms with Crippen LogP contribution in [0.15, 0.2) is 48.4 Å². The molecule has 1 rings (SSSR count). The monoisotopic (exact) mass is 257 g/mol. The first-order valence-electron chi connectivity index (χ1n) is 6.75. The number of piperazine rings is 1. The van der Waals surface area contributed by atoms with Gasteiger partial charge in [0.25, 0.3) is 0 Å². The van der Waals surface area contributed by atoms with E-state index in [1.165, 1.54) is 5.70 Å². The van der Waals surface area contributed by atoms with E-state index in [4.69, 9.17) is 0 Å². The van der Waals surface area contributed by atoms with Crippen molar-refractivity contribution in [2.75, 3.05) is 26.2 Å². The molecular formula is C16H23N3. The molecule has 0 aromatic carbocycles. The second-order valence-electron chi connectivity index (χ2n) is 4.50. The zero-order valence-electron chi connectivity index (χ0n) is 12.0. The van der Waals surface area contributed by atoms with Crippen molar-refractivity contribution in [1.29, 1.82) is 5.26 Å². The van der Waals surface area contributed by atoms with Crippen molar-refractivity contribution in [1.82, 2.24) is 9.80 Å². The Morgan fingerprint density at radius 3 is 2.26 bits per heavy atom. The van der Waals surface area contributed by atoms with Crippen LogP contribution < -0.4 is 0 Å². The zero-order valence-corrected chi connectivity index (χ0v) is 12.0. The van der Waals surface area contributed by atoms with E-state index in [0.29, 0.717) is 5.57 Å². The van der Waals surface area contributed by atoms with Gasteiger partial charge in [-0.25, -0.2) is 0 Å². The normalized spacial score (nSPS) is 17.1. The summed E-state index contributed by atoms with van der Waals surface area (Å²) in [6.07, 6.45) is 6.51. The summed E-state index contributed by atoms with van der Waals surface area (Å²) in [5.74, 6) is 0. The topological polar surface area (TPSA) is 30.3 Å². The summed E-state index contributed by atoms with van der Waals surface area (Å²) in [6.45, 7) is 15.6. The Hall–Kier alpha value is -1.95. The highest BCUT2D eigenvalue weighted by Gasteiger charge is 2.20. The van der Waals surface area contributed by atoms with Crippen LogP contribution in [0.4, 0.5) is 0 Å². The summed E-state index contributed by atoms with van der Waals surface area (Å²) in [5.41, 5.74) is 2.88. The first kappa shape index (κ1) is 15.1. The summed E-state index contributed by atoms with van der Waals surface area (Å²) in [6, 6.07) is 2.25. The molecule has 0 aliphatic carbocycles. The Bertz CT molecular complexity index is 429. The fourth-order valence-electron chi connectivity index (χ4n) is 2.23. The first-order chi connectivity index (χ1) is 9.17. The molecule has 1 heterocycles. The molecular weight excluding hydrogens is 234 g/mol. The van der Waals surface area contributed by atoms with Crippen molar-refractivity contribution < 1.29 is 0 Å². The number of nitrogens with zero attached hydrogens (tertiary/aromatic N) is 3. The van der Waals surface area contributed by atoms with E-state index in [1.54, 1.807) is 6.08 Å². The van der Waals surface area contributed by atoms with Crippen LogP contribution in [0, 0.1) is 11.3 Å². The summed E-state index contributed by atoms with van der Waals surface area (Å²) in [5, 5.41) is 9.19. The van der Waals surface area contributed by atoms with Crippen LogP contribution in [-0.2, 0) is 0 Å². The van der Waals surface area contributed by atoms with E-state index in [2.05, 4.69) is 36.0 Å². The van der Waals surface area contributed by atoms with Crippen LogP contribution in [0.5, 0.6) is 0 Å². The van der Waals surface area contributed by atoms with Gasteiger partial charge >= 0.3 is 0 Å². The largest absolute Gasteiger partial charge is 0.372 e. The lowest BCUT2D eigenvalue weighted by molar-refractivity contribution is 0.192. The summed E-state index contributed by atoms with van der Waals surface area (Å²) < 4.78 is 0. The minimum atomic E-state index is 0.711. The summed E-state index contributed by atoms with van der Waals surface area (Å²) in [7, 11) is 0. The molecule has 0 N–H and O–H groups in total. The van der Waals surface area contributed by atoms with Crippen LogP contribution in [0.3, 0.4) is 0 Å². The molecule has 102 valence electrons. The summed E-state index contributed by atoms with van der Waals surface area (Å²) >= 11 is 0. The lowest BCUT2D eigenvalue weighted by atomic mass is 10.1. The molecule has 1 saturated heterocycles. The van der Waals surface area contributed by atoms with Gasteiger partial charge in [0.05, 0.1) is 11.3 Å². The van der Waals surface area contributed by atoms with Gasteiger partial charge in [-0.2, -0.15) is 5.26 Å². The molecule has 0 radical (unpaired) electrons. The number of hydrogen-bond acceptors (Lipinski definition) is 3. The molecule has 0 amide bonds. The van der Waals surface area contributed by atoms with Crippen LogP contribution >= 0.6 is 0 Å². The van der Waals surface area contributed by atoms with Gasteiger partial charge in [0.15, 0.2) is 0 Å². The average molecular weight is 257 g/mol. The van der Waals surface area contributed by atoms with Gasteiger partial charge in [-0.1, -0.05) is 32.2 Å². The highest BCUT2D eigenvalue weighted by Crippen LogP contribution is 2.19. The molecule has 1 aliphatic rings. The Labute approximate surface area is 116 Å². The van der Waals surface area contributed by atoms with Crippen molar-refractivity contribution >= 4 is 0 Å². The third-order valence-electron chi connectivity index (χ3n) is 3.44. The maximum atomic E-state index is 9.19. The minimum Gasteiger partial charge on any atom is -0.372 e. The Kier molecular flexibility index (Phi) is 5.95. The quantitative estimate of drug-likeness (QED) is 0.560. The molecule has 0 aromatic heterocycles. The fourth-order valence-corrected chi connectivity index (χ4v) is 2.23. The number of rotatable bonds is 5. The second-order valence-corrected chi connectivity index (χ2v) is 4.50. The first-order valence-corrected chi connectivity index (χ1v) is 6.75. The van der Waals surface area contributed by atoms with Gasteiger partial charge in [0, 0.05) is 31.9 Å². The van der Waals surface area contributed by atoms with E-state index in [0.717, 1.165) is 38.3 Å². The SMILES string of the molecule is C=C/C=C(\C(C#N)=C/C)N1CCN(C(=C)CC)CC1. The Morgan fingerprint density at radius 1 is 1.26 bits per heavy atom. The molecule has 1 fully saturated rings. The average Bonchev–Trinajstić information content (AvgIpc) is 2.47. The van der Waals surface area contributed by atoms with Gasteiger partial charge < -0.3 is 9.80 Å². The van der Waals surface area contributed by atoms with Crippen LogP contribution in [0.1, 0.15) is 20.3 Å². The second kappa shape index (κ2) is 7.48. The molecule has 0 saturated carbocycles. The Balaban J connectivity index is 2.77. The third-order valence-corrected chi connectivity index (χ3v) is 3.44. The van der Waals surface area contributed by atoms with Crippen molar-refractivity contribution in [2.24, 2.45) is 0 Å². The van der Waals surface area contributed by atoms with Crippen molar-refractivity contribution in [3.63, 3.8) is 0 Å². The molecule has 19 heavy (non-hydrogen) atoms. The van der Waals surface area contributed by atoms with Crippen LogP contribution in [0.25, 0.3) is 0 Å². The molecule has 3 nitrogen and oxygen atoms in total. The van der Waals surface area contributed by atoms with E-state index in [9.17, 15) is 5.26 Å². The maximum Gasteiger partial charge on any atom is 0.101 e. The predicted molar refractivity (Wildman–Crippen MR) is 80.2 cm³/mol. The summed E-state index contributed by atoms with van der Waals surface area (Å²) in [4.78, 5) is 4.57. The molecule has 0 atom stereocenters. The smallest absolute Gasteiger partial charge is 0.101 e. The zero-order chi connectivity index (χ0) is 14.3.